The zero-order chi connectivity index (χ0) is 10.8. The van der Waals surface area contributed by atoms with E-state index in [9.17, 15) is 5.11 Å². The number of aliphatic hydroxyl groups is 1. The Kier molecular flexibility index (Phi) is 3.36. The van der Waals surface area contributed by atoms with Crippen LogP contribution in [0, 0.1) is 5.41 Å². The molecule has 2 nitrogen and oxygen atoms in total. The van der Waals surface area contributed by atoms with Crippen molar-refractivity contribution in [1.29, 1.82) is 0 Å². The van der Waals surface area contributed by atoms with Gasteiger partial charge in [-0.15, -0.1) is 0 Å². The molecular formula is C13H25NO. The van der Waals surface area contributed by atoms with Crippen molar-refractivity contribution in [2.75, 3.05) is 13.1 Å². The van der Waals surface area contributed by atoms with Crippen LogP contribution in [0.15, 0.2) is 0 Å². The van der Waals surface area contributed by atoms with Crippen LogP contribution < -0.4 is 5.32 Å². The molecule has 88 valence electrons. The summed E-state index contributed by atoms with van der Waals surface area (Å²) in [5.74, 6) is 0. The molecule has 0 aromatic carbocycles. The molecule has 0 heterocycles. The summed E-state index contributed by atoms with van der Waals surface area (Å²) in [7, 11) is 0. The van der Waals surface area contributed by atoms with Crippen LogP contribution in [0.3, 0.4) is 0 Å². The van der Waals surface area contributed by atoms with Gasteiger partial charge < -0.3 is 10.4 Å². The molecule has 0 unspecified atom stereocenters. The van der Waals surface area contributed by atoms with Gasteiger partial charge in [-0.05, 0) is 50.5 Å². The highest BCUT2D eigenvalue weighted by atomic mass is 16.3. The van der Waals surface area contributed by atoms with Gasteiger partial charge in [-0.2, -0.15) is 0 Å². The molecule has 2 aliphatic carbocycles. The number of rotatable bonds is 3. The molecule has 2 aliphatic rings. The molecule has 2 heteroatoms. The van der Waals surface area contributed by atoms with Gasteiger partial charge in [-0.1, -0.05) is 19.8 Å². The lowest BCUT2D eigenvalue weighted by Gasteiger charge is -2.42. The maximum Gasteiger partial charge on any atom is 0.0772 e. The topological polar surface area (TPSA) is 32.3 Å². The van der Waals surface area contributed by atoms with Crippen molar-refractivity contribution in [2.45, 2.75) is 63.9 Å². The number of hydrogen-bond donors (Lipinski definition) is 2. The lowest BCUT2D eigenvalue weighted by molar-refractivity contribution is -0.0309. The molecule has 2 fully saturated rings. The van der Waals surface area contributed by atoms with Gasteiger partial charge in [0.1, 0.15) is 0 Å². The highest BCUT2D eigenvalue weighted by Gasteiger charge is 2.42. The smallest absolute Gasteiger partial charge is 0.0772 e. The van der Waals surface area contributed by atoms with E-state index in [1.54, 1.807) is 0 Å². The monoisotopic (exact) mass is 211 g/mol. The molecule has 0 saturated heterocycles. The summed E-state index contributed by atoms with van der Waals surface area (Å²) in [6.07, 6.45) is 10.2. The molecule has 0 aromatic rings. The Hall–Kier alpha value is -0.0800. The van der Waals surface area contributed by atoms with E-state index in [0.29, 0.717) is 5.41 Å². The molecule has 2 saturated carbocycles. The van der Waals surface area contributed by atoms with Crippen LogP contribution in [-0.2, 0) is 0 Å². The third-order valence-corrected chi connectivity index (χ3v) is 4.61. The van der Waals surface area contributed by atoms with E-state index in [4.69, 9.17) is 0 Å². The van der Waals surface area contributed by atoms with Gasteiger partial charge in [0.25, 0.3) is 0 Å². The number of likely N-dealkylation sites (N-methyl/N-ethyl adjacent to an activating group) is 1. The fourth-order valence-corrected chi connectivity index (χ4v) is 3.41. The van der Waals surface area contributed by atoms with Crippen LogP contribution in [0.2, 0.25) is 0 Å². The first-order valence-corrected chi connectivity index (χ1v) is 6.61. The molecule has 2 N–H and O–H groups in total. The van der Waals surface area contributed by atoms with Crippen molar-refractivity contribution in [2.24, 2.45) is 5.41 Å². The van der Waals surface area contributed by atoms with Crippen LogP contribution in [-0.4, -0.2) is 23.8 Å². The molecule has 15 heavy (non-hydrogen) atoms. The Bertz CT molecular complexity index is 199. The Morgan fingerprint density at radius 1 is 1.00 bits per heavy atom. The fraction of sp³-hybridized carbons (Fsp3) is 1.00. The minimum atomic E-state index is -0.399. The second-order valence-corrected chi connectivity index (χ2v) is 5.71. The molecule has 0 aliphatic heterocycles. The Morgan fingerprint density at radius 3 is 2.13 bits per heavy atom. The maximum atomic E-state index is 10.4. The summed E-state index contributed by atoms with van der Waals surface area (Å²) in [6.45, 7) is 3.86. The van der Waals surface area contributed by atoms with E-state index in [1.807, 2.05) is 0 Å². The first kappa shape index (κ1) is 11.4. The van der Waals surface area contributed by atoms with E-state index < -0.39 is 5.60 Å². The van der Waals surface area contributed by atoms with Gasteiger partial charge in [0.15, 0.2) is 0 Å². The lowest BCUT2D eigenvalue weighted by Crippen LogP contribution is -2.45. The highest BCUT2D eigenvalue weighted by molar-refractivity contribution is 4.96. The summed E-state index contributed by atoms with van der Waals surface area (Å²) in [5.41, 5.74) is 0.238. The molecule has 0 bridgehead atoms. The van der Waals surface area contributed by atoms with Gasteiger partial charge in [-0.25, -0.2) is 0 Å². The third-order valence-electron chi connectivity index (χ3n) is 4.61. The van der Waals surface area contributed by atoms with Gasteiger partial charge >= 0.3 is 0 Å². The summed E-state index contributed by atoms with van der Waals surface area (Å²) < 4.78 is 0. The predicted molar refractivity (Wildman–Crippen MR) is 62.9 cm³/mol. The van der Waals surface area contributed by atoms with Crippen LogP contribution in [0.4, 0.5) is 0 Å². The summed E-state index contributed by atoms with van der Waals surface area (Å²) >= 11 is 0. The average Bonchev–Trinajstić information content (AvgIpc) is 2.70. The minimum Gasteiger partial charge on any atom is -0.389 e. The quantitative estimate of drug-likeness (QED) is 0.751. The molecule has 2 rings (SSSR count). The maximum absolute atomic E-state index is 10.4. The lowest BCUT2D eigenvalue weighted by atomic mass is 9.67. The Balaban J connectivity index is 1.85. The average molecular weight is 211 g/mol. The second-order valence-electron chi connectivity index (χ2n) is 5.71. The normalized spacial score (nSPS) is 28.4. The van der Waals surface area contributed by atoms with Crippen molar-refractivity contribution < 1.29 is 5.11 Å². The molecule has 0 amide bonds. The Labute approximate surface area is 93.5 Å². The van der Waals surface area contributed by atoms with Gasteiger partial charge in [0.05, 0.1) is 5.60 Å². The molecule has 1 spiro atoms. The molecule has 0 atom stereocenters. The van der Waals surface area contributed by atoms with Crippen molar-refractivity contribution in [3.63, 3.8) is 0 Å². The third kappa shape index (κ3) is 2.54. The summed E-state index contributed by atoms with van der Waals surface area (Å²) in [4.78, 5) is 0. The molecule has 0 radical (unpaired) electrons. The SMILES string of the molecule is CCNCC1(O)CCC2(CCCC2)CC1. The van der Waals surface area contributed by atoms with E-state index in [0.717, 1.165) is 25.9 Å². The van der Waals surface area contributed by atoms with Crippen LogP contribution in [0.5, 0.6) is 0 Å². The van der Waals surface area contributed by atoms with Gasteiger partial charge in [0.2, 0.25) is 0 Å². The first-order chi connectivity index (χ1) is 7.18. The fourth-order valence-electron chi connectivity index (χ4n) is 3.41. The zero-order valence-corrected chi connectivity index (χ0v) is 10.0. The van der Waals surface area contributed by atoms with Crippen molar-refractivity contribution in [3.05, 3.63) is 0 Å². The van der Waals surface area contributed by atoms with Crippen molar-refractivity contribution >= 4 is 0 Å². The van der Waals surface area contributed by atoms with Gasteiger partial charge in [-0.3, -0.25) is 0 Å². The zero-order valence-electron chi connectivity index (χ0n) is 10.0. The second kappa shape index (κ2) is 4.42. The highest BCUT2D eigenvalue weighted by Crippen LogP contribution is 2.50. The summed E-state index contributed by atoms with van der Waals surface area (Å²) in [6, 6.07) is 0. The molecule has 0 aromatic heterocycles. The van der Waals surface area contributed by atoms with Crippen LogP contribution >= 0.6 is 0 Å². The summed E-state index contributed by atoms with van der Waals surface area (Å²) in [5, 5.41) is 13.7. The van der Waals surface area contributed by atoms with Crippen LogP contribution in [0.25, 0.3) is 0 Å². The predicted octanol–water partition coefficient (Wildman–Crippen LogP) is 2.46. The van der Waals surface area contributed by atoms with Crippen LogP contribution in [0.1, 0.15) is 58.3 Å². The van der Waals surface area contributed by atoms with E-state index in [1.165, 1.54) is 38.5 Å². The van der Waals surface area contributed by atoms with Crippen molar-refractivity contribution in [1.82, 2.24) is 5.32 Å². The Morgan fingerprint density at radius 2 is 1.60 bits per heavy atom. The van der Waals surface area contributed by atoms with Crippen molar-refractivity contribution in [3.8, 4) is 0 Å². The van der Waals surface area contributed by atoms with Gasteiger partial charge in [0, 0.05) is 6.54 Å². The van der Waals surface area contributed by atoms with E-state index in [2.05, 4.69) is 12.2 Å². The largest absolute Gasteiger partial charge is 0.389 e. The van der Waals surface area contributed by atoms with E-state index >= 15 is 0 Å². The standard InChI is InChI=1S/C13H25NO/c1-2-14-11-13(15)9-7-12(8-10-13)5-3-4-6-12/h14-15H,2-11H2,1H3. The minimum absolute atomic E-state index is 0.399. The first-order valence-electron chi connectivity index (χ1n) is 6.61. The van der Waals surface area contributed by atoms with E-state index in [-0.39, 0.29) is 0 Å². The molecular weight excluding hydrogens is 186 g/mol. The number of hydrogen-bond acceptors (Lipinski definition) is 2. The number of nitrogens with one attached hydrogen (secondary N) is 1.